The summed E-state index contributed by atoms with van der Waals surface area (Å²) >= 11 is 6.57. The maximum Gasteiger partial charge on any atom is 0.273 e. The molecule has 9 nitrogen and oxygen atoms in total. The monoisotopic (exact) mass is 547 g/mol. The van der Waals surface area contributed by atoms with Crippen molar-refractivity contribution in [1.82, 2.24) is 29.6 Å². The molecule has 1 amide bonds. The van der Waals surface area contributed by atoms with E-state index in [9.17, 15) is 9.18 Å². The van der Waals surface area contributed by atoms with Gasteiger partial charge in [-0.25, -0.2) is 19.3 Å². The quantitative estimate of drug-likeness (QED) is 0.387. The highest BCUT2D eigenvalue weighted by atomic mass is 35.5. The van der Waals surface area contributed by atoms with Crippen molar-refractivity contribution in [3.8, 4) is 28.7 Å². The molecule has 4 heterocycles. The minimum absolute atomic E-state index is 0.0611. The molecule has 1 aliphatic heterocycles. The second-order valence-corrected chi connectivity index (χ2v) is 11.0. The third-order valence-corrected chi connectivity index (χ3v) is 7.67. The summed E-state index contributed by atoms with van der Waals surface area (Å²) in [6, 6.07) is 11.6. The molecule has 1 aliphatic carbocycles. The van der Waals surface area contributed by atoms with Gasteiger partial charge in [0.25, 0.3) is 5.91 Å². The summed E-state index contributed by atoms with van der Waals surface area (Å²) in [6.07, 6.45) is 3.14. The number of aryl methyl sites for hydroxylation is 1. The molecule has 1 aromatic carbocycles. The van der Waals surface area contributed by atoms with Crippen molar-refractivity contribution >= 4 is 17.5 Å². The van der Waals surface area contributed by atoms with Crippen molar-refractivity contribution in [3.05, 3.63) is 77.0 Å². The first kappa shape index (κ1) is 25.4. The maximum absolute atomic E-state index is 13.5. The van der Waals surface area contributed by atoms with Crippen LogP contribution in [0.5, 0.6) is 5.88 Å². The van der Waals surface area contributed by atoms with Crippen molar-refractivity contribution in [2.75, 3.05) is 13.1 Å². The second kappa shape index (κ2) is 9.39. The standard InChI is InChI=1S/C28H27ClFN7O2/c1-28(2,31)16-11-20(15-5-7-17(30)8-6-15)34-21(12-16)39-25-18-13-37(14-19(18)25)27(38)24-22(29)23(35-36(24)3)26-32-9-4-10-33-26/h4-12,18-19,25H,13-14,31H2,1-3H3/t18-,19+,25?. The molecule has 0 bridgehead atoms. The van der Waals surface area contributed by atoms with Crippen LogP contribution in [-0.4, -0.2) is 54.7 Å². The zero-order valence-electron chi connectivity index (χ0n) is 21.7. The van der Waals surface area contributed by atoms with Gasteiger partial charge in [0.15, 0.2) is 5.82 Å². The van der Waals surface area contributed by atoms with E-state index >= 15 is 0 Å². The van der Waals surface area contributed by atoms with Crippen LogP contribution in [-0.2, 0) is 12.6 Å². The number of carbonyl (C=O) groups is 1. The van der Waals surface area contributed by atoms with E-state index in [1.807, 2.05) is 26.0 Å². The molecule has 2 N–H and O–H groups in total. The molecule has 200 valence electrons. The average Bonchev–Trinajstić information content (AvgIpc) is 3.22. The van der Waals surface area contributed by atoms with E-state index in [0.717, 1.165) is 11.1 Å². The lowest BCUT2D eigenvalue weighted by molar-refractivity contribution is 0.0741. The van der Waals surface area contributed by atoms with Crippen LogP contribution in [0.1, 0.15) is 29.9 Å². The van der Waals surface area contributed by atoms with E-state index in [0.29, 0.717) is 41.9 Å². The Balaban J connectivity index is 1.17. The van der Waals surface area contributed by atoms with Crippen molar-refractivity contribution in [3.63, 3.8) is 0 Å². The summed E-state index contributed by atoms with van der Waals surface area (Å²) in [5.41, 5.74) is 8.74. The second-order valence-electron chi connectivity index (χ2n) is 10.6. The number of hydrogen-bond donors (Lipinski definition) is 1. The van der Waals surface area contributed by atoms with E-state index in [-0.39, 0.29) is 34.7 Å². The van der Waals surface area contributed by atoms with E-state index in [4.69, 9.17) is 22.1 Å². The third kappa shape index (κ3) is 4.74. The Hall–Kier alpha value is -3.89. The highest BCUT2D eigenvalue weighted by Crippen LogP contribution is 2.48. The van der Waals surface area contributed by atoms with Crippen molar-refractivity contribution in [1.29, 1.82) is 0 Å². The first-order valence-electron chi connectivity index (χ1n) is 12.6. The van der Waals surface area contributed by atoms with Gasteiger partial charge >= 0.3 is 0 Å². The molecule has 3 atom stereocenters. The highest BCUT2D eigenvalue weighted by Gasteiger charge is 2.59. The molecule has 3 aromatic heterocycles. The van der Waals surface area contributed by atoms with Gasteiger partial charge in [-0.05, 0) is 55.8 Å². The Bertz CT molecular complexity index is 1540. The Labute approximate surface area is 229 Å². The molecule has 6 rings (SSSR count). The predicted octanol–water partition coefficient (Wildman–Crippen LogP) is 4.07. The Kier molecular flexibility index (Phi) is 6.11. The molecular formula is C28H27ClFN7O2. The number of carbonyl (C=O) groups excluding carboxylic acids is 1. The van der Waals surface area contributed by atoms with E-state index in [2.05, 4.69) is 20.1 Å². The van der Waals surface area contributed by atoms with Crippen LogP contribution in [0.4, 0.5) is 4.39 Å². The highest BCUT2D eigenvalue weighted by molar-refractivity contribution is 6.35. The lowest BCUT2D eigenvalue weighted by atomic mass is 9.95. The van der Waals surface area contributed by atoms with Crippen molar-refractivity contribution in [2.24, 2.45) is 24.6 Å². The lowest BCUT2D eigenvalue weighted by Crippen LogP contribution is -2.34. The number of hydrogen-bond acceptors (Lipinski definition) is 7. The zero-order valence-corrected chi connectivity index (χ0v) is 22.4. The van der Waals surface area contributed by atoms with Crippen LogP contribution in [0.25, 0.3) is 22.8 Å². The number of piperidine rings is 1. The number of fused-ring (bicyclic) bond motifs is 1. The van der Waals surface area contributed by atoms with E-state index < -0.39 is 5.54 Å². The van der Waals surface area contributed by atoms with Gasteiger partial charge in [-0.3, -0.25) is 9.48 Å². The van der Waals surface area contributed by atoms with Crippen molar-refractivity contribution < 1.29 is 13.9 Å². The fourth-order valence-corrected chi connectivity index (χ4v) is 5.43. The van der Waals surface area contributed by atoms with Gasteiger partial charge in [-0.2, -0.15) is 5.10 Å². The molecule has 0 radical (unpaired) electrons. The summed E-state index contributed by atoms with van der Waals surface area (Å²) in [6.45, 7) is 4.91. The Morgan fingerprint density at radius 1 is 1.13 bits per heavy atom. The summed E-state index contributed by atoms with van der Waals surface area (Å²) in [5, 5.41) is 4.63. The molecule has 0 spiro atoms. The van der Waals surface area contributed by atoms with Gasteiger partial charge < -0.3 is 15.4 Å². The Morgan fingerprint density at radius 3 is 2.44 bits per heavy atom. The number of benzene rings is 1. The van der Waals surface area contributed by atoms with Crippen LogP contribution < -0.4 is 10.5 Å². The predicted molar refractivity (Wildman–Crippen MR) is 143 cm³/mol. The summed E-state index contributed by atoms with van der Waals surface area (Å²) < 4.78 is 21.3. The summed E-state index contributed by atoms with van der Waals surface area (Å²) in [7, 11) is 1.69. The molecule has 1 saturated carbocycles. The van der Waals surface area contributed by atoms with Crippen LogP contribution >= 0.6 is 11.6 Å². The number of halogens is 2. The molecule has 39 heavy (non-hydrogen) atoms. The summed E-state index contributed by atoms with van der Waals surface area (Å²) in [4.78, 5) is 28.3. The lowest BCUT2D eigenvalue weighted by Gasteiger charge is -2.22. The number of likely N-dealkylation sites (tertiary alicyclic amines) is 1. The number of rotatable bonds is 6. The molecule has 11 heteroatoms. The summed E-state index contributed by atoms with van der Waals surface area (Å²) in [5.74, 6) is 0.696. The number of amides is 1. The van der Waals surface area contributed by atoms with E-state index in [1.165, 1.54) is 16.8 Å². The minimum atomic E-state index is -0.621. The van der Waals surface area contributed by atoms with Gasteiger partial charge in [-0.15, -0.1) is 0 Å². The van der Waals surface area contributed by atoms with Gasteiger partial charge in [0.05, 0.1) is 5.69 Å². The number of pyridine rings is 1. The molecule has 1 saturated heterocycles. The number of aromatic nitrogens is 5. The number of ether oxygens (including phenoxy) is 1. The smallest absolute Gasteiger partial charge is 0.273 e. The minimum Gasteiger partial charge on any atom is -0.474 e. The fourth-order valence-electron chi connectivity index (χ4n) is 5.10. The molecule has 4 aromatic rings. The van der Waals surface area contributed by atoms with Crippen LogP contribution in [0.2, 0.25) is 5.02 Å². The van der Waals surface area contributed by atoms with Crippen molar-refractivity contribution in [2.45, 2.75) is 25.5 Å². The number of nitrogens with zero attached hydrogens (tertiary/aromatic N) is 6. The van der Waals surface area contributed by atoms with Gasteiger partial charge in [0.1, 0.15) is 28.3 Å². The number of nitrogens with two attached hydrogens (primary N) is 1. The first-order chi connectivity index (χ1) is 18.6. The first-order valence-corrected chi connectivity index (χ1v) is 13.0. The van der Waals surface area contributed by atoms with Crippen LogP contribution in [0, 0.1) is 17.7 Å². The Morgan fingerprint density at radius 2 is 1.79 bits per heavy atom. The topological polar surface area (TPSA) is 112 Å². The van der Waals surface area contributed by atoms with Crippen LogP contribution in [0.15, 0.2) is 54.9 Å². The van der Waals surface area contributed by atoms with Gasteiger partial charge in [0, 0.05) is 61.5 Å². The molecular weight excluding hydrogens is 521 g/mol. The molecule has 2 fully saturated rings. The average molecular weight is 548 g/mol. The maximum atomic E-state index is 13.5. The van der Waals surface area contributed by atoms with Gasteiger partial charge in [0.2, 0.25) is 5.88 Å². The largest absolute Gasteiger partial charge is 0.474 e. The van der Waals surface area contributed by atoms with Crippen LogP contribution in [0.3, 0.4) is 0 Å². The van der Waals surface area contributed by atoms with E-state index in [1.54, 1.807) is 42.5 Å². The van der Waals surface area contributed by atoms with Gasteiger partial charge in [-0.1, -0.05) is 11.6 Å². The molecule has 1 unspecified atom stereocenters. The third-order valence-electron chi connectivity index (χ3n) is 7.31. The zero-order chi connectivity index (χ0) is 27.5. The normalized spacial score (nSPS) is 20.2. The fraction of sp³-hybridized carbons (Fsp3) is 0.321. The SMILES string of the molecule is Cn1nc(-c2ncccn2)c(Cl)c1C(=O)N1C[C@@H]2C(Oc3cc(C(C)(C)N)cc(-c4ccc(F)cc4)n3)[C@@H]2C1. The molecule has 2 aliphatic rings.